The van der Waals surface area contributed by atoms with E-state index in [9.17, 15) is 4.79 Å². The number of carbonyl (C=O) groups excluding carboxylic acids is 1. The van der Waals surface area contributed by atoms with Crippen LogP contribution >= 0.6 is 0 Å². The fraction of sp³-hybridized carbons (Fsp3) is 0.364. The van der Waals surface area contributed by atoms with E-state index in [0.29, 0.717) is 5.92 Å². The van der Waals surface area contributed by atoms with Crippen molar-refractivity contribution < 1.29 is 4.79 Å². The normalized spacial score (nSPS) is 18.4. The van der Waals surface area contributed by atoms with E-state index in [4.69, 9.17) is 0 Å². The lowest BCUT2D eigenvalue weighted by Gasteiger charge is -2.32. The monoisotopic (exact) mass is 345 g/mol. The molecule has 3 aromatic rings. The Kier molecular flexibility index (Phi) is 3.77. The third kappa shape index (κ3) is 2.79. The Labute approximate surface area is 153 Å². The summed E-state index contributed by atoms with van der Waals surface area (Å²) in [5.74, 6) is 1.40. The summed E-state index contributed by atoms with van der Waals surface area (Å²) in [7, 11) is 0. The first kappa shape index (κ1) is 15.6. The van der Waals surface area contributed by atoms with Gasteiger partial charge in [-0.05, 0) is 72.9 Å². The van der Waals surface area contributed by atoms with E-state index < -0.39 is 0 Å². The molecule has 0 radical (unpaired) electrons. The van der Waals surface area contributed by atoms with Crippen LogP contribution in [0.5, 0.6) is 0 Å². The van der Waals surface area contributed by atoms with Gasteiger partial charge in [-0.2, -0.15) is 0 Å². The zero-order chi connectivity index (χ0) is 17.5. The van der Waals surface area contributed by atoms with E-state index in [1.807, 2.05) is 29.3 Å². The van der Waals surface area contributed by atoms with Gasteiger partial charge in [-0.3, -0.25) is 4.79 Å². The lowest BCUT2D eigenvalue weighted by molar-refractivity contribution is 0.0713. The molecule has 132 valence electrons. The van der Waals surface area contributed by atoms with E-state index in [2.05, 4.69) is 34.4 Å². The third-order valence-corrected chi connectivity index (χ3v) is 5.91. The van der Waals surface area contributed by atoms with Crippen LogP contribution in [0.2, 0.25) is 0 Å². The molecule has 2 aromatic heterocycles. The van der Waals surface area contributed by atoms with E-state index >= 15 is 0 Å². The van der Waals surface area contributed by atoms with E-state index in [0.717, 1.165) is 43.1 Å². The molecule has 0 unspecified atom stereocenters. The summed E-state index contributed by atoms with van der Waals surface area (Å²) in [6.07, 6.45) is 8.52. The average molecular weight is 345 g/mol. The summed E-state index contributed by atoms with van der Waals surface area (Å²) >= 11 is 0. The van der Waals surface area contributed by atoms with Crippen LogP contribution in [-0.2, 0) is 0 Å². The fourth-order valence-electron chi connectivity index (χ4n) is 4.21. The first-order chi connectivity index (χ1) is 12.8. The van der Waals surface area contributed by atoms with Gasteiger partial charge in [-0.15, -0.1) is 0 Å². The third-order valence-electron chi connectivity index (χ3n) is 5.91. The summed E-state index contributed by atoms with van der Waals surface area (Å²) in [5.41, 5.74) is 4.50. The second kappa shape index (κ2) is 6.27. The minimum atomic E-state index is 0.173. The Bertz CT molecular complexity index is 931. The Morgan fingerprint density at radius 3 is 2.50 bits per heavy atom. The zero-order valence-electron chi connectivity index (χ0n) is 14.8. The number of amides is 1. The van der Waals surface area contributed by atoms with Gasteiger partial charge in [0.15, 0.2) is 0 Å². The molecule has 1 saturated carbocycles. The second-order valence-corrected chi connectivity index (χ2v) is 7.61. The molecule has 1 aromatic carbocycles. The Morgan fingerprint density at radius 2 is 1.77 bits per heavy atom. The standard InChI is InChI=1S/C22H23N3O/c26-22(18-7-5-16(6-8-18)15-3-4-15)25-12-9-17(10-13-25)20-14-24-21-19(20)2-1-11-23-21/h1-2,5-8,11,14-15,17H,3-4,9-10,12-13H2,(H,23,24). The van der Waals surface area contributed by atoms with Gasteiger partial charge in [-0.1, -0.05) is 12.1 Å². The molecule has 1 N–H and O–H groups in total. The highest BCUT2D eigenvalue weighted by Gasteiger charge is 2.27. The number of piperidine rings is 1. The topological polar surface area (TPSA) is 49.0 Å². The molecule has 1 aliphatic heterocycles. The number of fused-ring (bicyclic) bond motifs is 1. The minimum absolute atomic E-state index is 0.173. The number of hydrogen-bond donors (Lipinski definition) is 1. The molecule has 1 saturated heterocycles. The lowest BCUT2D eigenvalue weighted by Crippen LogP contribution is -2.37. The number of rotatable bonds is 3. The predicted octanol–water partition coefficient (Wildman–Crippen LogP) is 4.46. The van der Waals surface area contributed by atoms with Crippen molar-refractivity contribution in [3.63, 3.8) is 0 Å². The number of nitrogens with zero attached hydrogens (tertiary/aromatic N) is 2. The maximum atomic E-state index is 12.8. The van der Waals surface area contributed by atoms with Crippen LogP contribution in [0.3, 0.4) is 0 Å². The molecular formula is C22H23N3O. The van der Waals surface area contributed by atoms with Crippen molar-refractivity contribution in [3.05, 3.63) is 65.5 Å². The molecule has 2 fully saturated rings. The van der Waals surface area contributed by atoms with Crippen molar-refractivity contribution >= 4 is 16.9 Å². The average Bonchev–Trinajstić information content (AvgIpc) is 3.47. The summed E-state index contributed by atoms with van der Waals surface area (Å²) in [6.45, 7) is 1.64. The number of likely N-dealkylation sites (tertiary alicyclic amines) is 1. The Morgan fingerprint density at radius 1 is 1.00 bits per heavy atom. The largest absolute Gasteiger partial charge is 0.346 e. The number of benzene rings is 1. The molecule has 2 aliphatic rings. The maximum absolute atomic E-state index is 12.8. The highest BCUT2D eigenvalue weighted by Crippen LogP contribution is 2.40. The number of aromatic amines is 1. The van der Waals surface area contributed by atoms with Crippen LogP contribution in [0.25, 0.3) is 11.0 Å². The quantitative estimate of drug-likeness (QED) is 0.762. The fourth-order valence-corrected chi connectivity index (χ4v) is 4.21. The molecule has 26 heavy (non-hydrogen) atoms. The van der Waals surface area contributed by atoms with Crippen molar-refractivity contribution in [2.24, 2.45) is 0 Å². The first-order valence-electron chi connectivity index (χ1n) is 9.61. The van der Waals surface area contributed by atoms with Gasteiger partial charge in [-0.25, -0.2) is 4.98 Å². The smallest absolute Gasteiger partial charge is 0.253 e. The lowest BCUT2D eigenvalue weighted by atomic mass is 9.89. The van der Waals surface area contributed by atoms with Crippen LogP contribution in [-0.4, -0.2) is 33.9 Å². The van der Waals surface area contributed by atoms with Crippen LogP contribution in [0.1, 0.15) is 59.0 Å². The Balaban J connectivity index is 1.27. The SMILES string of the molecule is O=C(c1ccc(C2CC2)cc1)N1CCC(c2c[nH]c3ncccc23)CC1. The molecule has 0 spiro atoms. The highest BCUT2D eigenvalue weighted by molar-refractivity contribution is 5.94. The molecular weight excluding hydrogens is 322 g/mol. The number of carbonyl (C=O) groups is 1. The van der Waals surface area contributed by atoms with Gasteiger partial charge in [0.05, 0.1) is 0 Å². The van der Waals surface area contributed by atoms with Gasteiger partial charge >= 0.3 is 0 Å². The molecule has 4 nitrogen and oxygen atoms in total. The maximum Gasteiger partial charge on any atom is 0.253 e. The molecule has 4 heteroatoms. The van der Waals surface area contributed by atoms with Crippen LogP contribution in [0, 0.1) is 0 Å². The van der Waals surface area contributed by atoms with E-state index in [1.165, 1.54) is 29.4 Å². The van der Waals surface area contributed by atoms with Gasteiger partial charge in [0.25, 0.3) is 5.91 Å². The Hall–Kier alpha value is -2.62. The van der Waals surface area contributed by atoms with Crippen LogP contribution in [0.15, 0.2) is 48.8 Å². The molecule has 3 heterocycles. The van der Waals surface area contributed by atoms with Crippen molar-refractivity contribution in [2.75, 3.05) is 13.1 Å². The predicted molar refractivity (Wildman–Crippen MR) is 102 cm³/mol. The van der Waals surface area contributed by atoms with Gasteiger partial charge in [0, 0.05) is 36.4 Å². The van der Waals surface area contributed by atoms with Crippen molar-refractivity contribution in [2.45, 2.75) is 37.5 Å². The van der Waals surface area contributed by atoms with Gasteiger partial charge in [0.1, 0.15) is 5.65 Å². The van der Waals surface area contributed by atoms with Crippen LogP contribution in [0.4, 0.5) is 0 Å². The number of H-pyrrole nitrogens is 1. The van der Waals surface area contributed by atoms with Gasteiger partial charge < -0.3 is 9.88 Å². The summed E-state index contributed by atoms with van der Waals surface area (Å²) < 4.78 is 0. The molecule has 0 bridgehead atoms. The summed E-state index contributed by atoms with van der Waals surface area (Å²) in [5, 5.41) is 1.22. The van der Waals surface area contributed by atoms with E-state index in [1.54, 1.807) is 0 Å². The highest BCUT2D eigenvalue weighted by atomic mass is 16.2. The molecule has 1 amide bonds. The molecule has 5 rings (SSSR count). The zero-order valence-corrected chi connectivity index (χ0v) is 14.8. The number of nitrogens with one attached hydrogen (secondary N) is 1. The number of aromatic nitrogens is 2. The summed E-state index contributed by atoms with van der Waals surface area (Å²) in [4.78, 5) is 22.5. The number of hydrogen-bond acceptors (Lipinski definition) is 2. The van der Waals surface area contributed by atoms with Crippen molar-refractivity contribution in [1.82, 2.24) is 14.9 Å². The van der Waals surface area contributed by atoms with E-state index in [-0.39, 0.29) is 5.91 Å². The second-order valence-electron chi connectivity index (χ2n) is 7.61. The van der Waals surface area contributed by atoms with Gasteiger partial charge in [0.2, 0.25) is 0 Å². The molecule has 0 atom stereocenters. The first-order valence-corrected chi connectivity index (χ1v) is 9.61. The van der Waals surface area contributed by atoms with Crippen molar-refractivity contribution in [3.8, 4) is 0 Å². The minimum Gasteiger partial charge on any atom is -0.346 e. The van der Waals surface area contributed by atoms with Crippen molar-refractivity contribution in [1.29, 1.82) is 0 Å². The summed E-state index contributed by atoms with van der Waals surface area (Å²) in [6, 6.07) is 12.4. The number of pyridine rings is 1. The van der Waals surface area contributed by atoms with Crippen LogP contribution < -0.4 is 0 Å². The molecule has 1 aliphatic carbocycles.